The molecule has 1 rings (SSSR count). The number of carbonyl (C=O) groups is 1. The Morgan fingerprint density at radius 3 is 2.63 bits per heavy atom. The summed E-state index contributed by atoms with van der Waals surface area (Å²) in [6.07, 6.45) is 0.461. The number of hydrogen-bond acceptors (Lipinski definition) is 5. The number of benzene rings is 1. The molecule has 2 N–H and O–H groups in total. The fourth-order valence-corrected chi connectivity index (χ4v) is 1.86. The Kier molecular flexibility index (Phi) is 5.25. The normalized spacial score (nSPS) is 10.2. The van der Waals surface area contributed by atoms with Crippen LogP contribution in [0.4, 0.5) is 11.4 Å². The summed E-state index contributed by atoms with van der Waals surface area (Å²) in [5, 5.41) is 28.9. The summed E-state index contributed by atoms with van der Waals surface area (Å²) in [5.74, 6) is -1.33. The van der Waals surface area contributed by atoms with E-state index in [1.54, 1.807) is 4.90 Å². The molecule has 0 heterocycles. The van der Waals surface area contributed by atoms with Crippen molar-refractivity contribution in [2.24, 2.45) is 0 Å². The number of carboxylic acids is 1. The quantitative estimate of drug-likeness (QED) is 0.573. The van der Waals surface area contributed by atoms with Gasteiger partial charge in [0.15, 0.2) is 0 Å². The molecule has 0 spiro atoms. The number of nitrogens with zero attached hydrogens (tertiary/aromatic N) is 2. The first-order chi connectivity index (χ1) is 9.02. The van der Waals surface area contributed by atoms with E-state index in [9.17, 15) is 14.9 Å². The molecule has 0 atom stereocenters. The molecule has 0 saturated heterocycles. The monoisotopic (exact) mass is 268 g/mol. The summed E-state index contributed by atoms with van der Waals surface area (Å²) in [7, 11) is 0. The summed E-state index contributed by atoms with van der Waals surface area (Å²) >= 11 is 0. The minimum atomic E-state index is -1.33. The summed E-state index contributed by atoms with van der Waals surface area (Å²) < 4.78 is 0. The Bertz CT molecular complexity index is 475. The summed E-state index contributed by atoms with van der Waals surface area (Å²) in [4.78, 5) is 23.1. The lowest BCUT2D eigenvalue weighted by Gasteiger charge is -2.22. The van der Waals surface area contributed by atoms with Crippen molar-refractivity contribution in [1.82, 2.24) is 0 Å². The van der Waals surface area contributed by atoms with E-state index in [-0.39, 0.29) is 17.9 Å². The van der Waals surface area contributed by atoms with Crippen molar-refractivity contribution in [1.29, 1.82) is 0 Å². The number of anilines is 1. The zero-order chi connectivity index (χ0) is 14.4. The minimum absolute atomic E-state index is 0.0249. The molecular formula is C12H16N2O5. The van der Waals surface area contributed by atoms with Gasteiger partial charge >= 0.3 is 11.7 Å². The predicted octanol–water partition coefficient (Wildman–Crippen LogP) is 1.50. The standard InChI is InChI=1S/C12H16N2O5/c1-2-13(7-4-8-15)10-6-3-5-9(12(16)17)11(10)14(18)19/h3,5-6,15H,2,4,7-8H2,1H3,(H,16,17). The van der Waals surface area contributed by atoms with E-state index >= 15 is 0 Å². The highest BCUT2D eigenvalue weighted by Gasteiger charge is 2.26. The number of aromatic carboxylic acids is 1. The number of nitro benzene ring substituents is 1. The molecule has 0 aliphatic carbocycles. The maximum absolute atomic E-state index is 11.1. The zero-order valence-electron chi connectivity index (χ0n) is 10.6. The molecule has 0 amide bonds. The topological polar surface area (TPSA) is 104 Å². The van der Waals surface area contributed by atoms with Gasteiger partial charge in [0, 0.05) is 19.7 Å². The molecule has 0 radical (unpaired) electrons. The van der Waals surface area contributed by atoms with Crippen molar-refractivity contribution < 1.29 is 19.9 Å². The molecule has 0 unspecified atom stereocenters. The first kappa shape index (κ1) is 14.9. The third-order valence-corrected chi connectivity index (χ3v) is 2.74. The zero-order valence-corrected chi connectivity index (χ0v) is 10.6. The first-order valence-corrected chi connectivity index (χ1v) is 5.89. The van der Waals surface area contributed by atoms with Crippen LogP contribution in [0.5, 0.6) is 0 Å². The first-order valence-electron chi connectivity index (χ1n) is 5.89. The van der Waals surface area contributed by atoms with E-state index < -0.39 is 16.6 Å². The minimum Gasteiger partial charge on any atom is -0.477 e. The van der Waals surface area contributed by atoms with Crippen LogP contribution in [0, 0.1) is 10.1 Å². The van der Waals surface area contributed by atoms with Gasteiger partial charge in [0.25, 0.3) is 0 Å². The van der Waals surface area contributed by atoms with E-state index in [0.717, 1.165) is 0 Å². The second-order valence-electron chi connectivity index (χ2n) is 3.89. The van der Waals surface area contributed by atoms with Gasteiger partial charge in [0.2, 0.25) is 0 Å². The third kappa shape index (κ3) is 3.41. The largest absolute Gasteiger partial charge is 0.477 e. The molecule has 1 aromatic rings. The highest BCUT2D eigenvalue weighted by molar-refractivity contribution is 5.95. The van der Waals surface area contributed by atoms with Crippen molar-refractivity contribution in [3.05, 3.63) is 33.9 Å². The number of para-hydroxylation sites is 1. The van der Waals surface area contributed by atoms with Crippen molar-refractivity contribution >= 4 is 17.3 Å². The van der Waals surface area contributed by atoms with Gasteiger partial charge in [0.05, 0.1) is 4.92 Å². The second kappa shape index (κ2) is 6.69. The van der Waals surface area contributed by atoms with Crippen LogP contribution >= 0.6 is 0 Å². The lowest BCUT2D eigenvalue weighted by Crippen LogP contribution is -2.26. The lowest BCUT2D eigenvalue weighted by molar-refractivity contribution is -0.384. The van der Waals surface area contributed by atoms with Crippen LogP contribution in [0.15, 0.2) is 18.2 Å². The van der Waals surface area contributed by atoms with Crippen LogP contribution in [0.1, 0.15) is 23.7 Å². The van der Waals surface area contributed by atoms with Crippen molar-refractivity contribution in [3.8, 4) is 0 Å². The number of hydrogen-bond donors (Lipinski definition) is 2. The molecule has 1 aromatic carbocycles. The summed E-state index contributed by atoms with van der Waals surface area (Å²) in [6, 6.07) is 4.21. The highest BCUT2D eigenvalue weighted by atomic mass is 16.6. The molecule has 19 heavy (non-hydrogen) atoms. The summed E-state index contributed by atoms with van der Waals surface area (Å²) in [6.45, 7) is 2.71. The SMILES string of the molecule is CCN(CCCO)c1cccc(C(=O)O)c1[N+](=O)[O-]. The average molecular weight is 268 g/mol. The Morgan fingerprint density at radius 1 is 1.47 bits per heavy atom. The van der Waals surface area contributed by atoms with E-state index in [4.69, 9.17) is 10.2 Å². The van der Waals surface area contributed by atoms with Crippen molar-refractivity contribution in [2.75, 3.05) is 24.6 Å². The molecular weight excluding hydrogens is 252 g/mol. The van der Waals surface area contributed by atoms with E-state index in [2.05, 4.69) is 0 Å². The Hall–Kier alpha value is -2.15. The van der Waals surface area contributed by atoms with Crippen molar-refractivity contribution in [3.63, 3.8) is 0 Å². The van der Waals surface area contributed by atoms with Crippen LogP contribution < -0.4 is 4.90 Å². The van der Waals surface area contributed by atoms with Gasteiger partial charge in [-0.05, 0) is 25.5 Å². The van der Waals surface area contributed by atoms with Gasteiger partial charge in [0.1, 0.15) is 11.3 Å². The van der Waals surface area contributed by atoms with Gasteiger partial charge in [-0.25, -0.2) is 4.79 Å². The number of nitro groups is 1. The molecule has 7 heteroatoms. The number of aliphatic hydroxyl groups excluding tert-OH is 1. The highest BCUT2D eigenvalue weighted by Crippen LogP contribution is 2.31. The molecule has 104 valence electrons. The van der Waals surface area contributed by atoms with E-state index in [0.29, 0.717) is 19.5 Å². The molecule has 0 aliphatic heterocycles. The average Bonchev–Trinajstić information content (AvgIpc) is 2.38. The summed E-state index contributed by atoms with van der Waals surface area (Å²) in [5.41, 5.74) is -0.472. The number of rotatable bonds is 7. The van der Waals surface area contributed by atoms with Crippen LogP contribution in [0.2, 0.25) is 0 Å². The van der Waals surface area contributed by atoms with Gasteiger partial charge < -0.3 is 15.1 Å². The number of carboxylic acid groups (broad SMARTS) is 1. The molecule has 0 bridgehead atoms. The fourth-order valence-electron chi connectivity index (χ4n) is 1.86. The van der Waals surface area contributed by atoms with Gasteiger partial charge in [-0.2, -0.15) is 0 Å². The van der Waals surface area contributed by atoms with Gasteiger partial charge in [-0.1, -0.05) is 6.07 Å². The second-order valence-corrected chi connectivity index (χ2v) is 3.89. The van der Waals surface area contributed by atoms with E-state index in [1.165, 1.54) is 18.2 Å². The Labute approximate surface area is 110 Å². The van der Waals surface area contributed by atoms with Crippen LogP contribution in [-0.4, -0.2) is 40.8 Å². The Morgan fingerprint density at radius 2 is 2.16 bits per heavy atom. The maximum atomic E-state index is 11.1. The van der Waals surface area contributed by atoms with Crippen molar-refractivity contribution in [2.45, 2.75) is 13.3 Å². The fraction of sp³-hybridized carbons (Fsp3) is 0.417. The smallest absolute Gasteiger partial charge is 0.342 e. The van der Waals surface area contributed by atoms with E-state index in [1.807, 2.05) is 6.92 Å². The molecule has 0 saturated carbocycles. The maximum Gasteiger partial charge on any atom is 0.342 e. The lowest BCUT2D eigenvalue weighted by atomic mass is 10.1. The van der Waals surface area contributed by atoms with Gasteiger partial charge in [-0.3, -0.25) is 10.1 Å². The molecule has 0 fully saturated rings. The van der Waals surface area contributed by atoms with Crippen LogP contribution in [0.3, 0.4) is 0 Å². The molecule has 0 aromatic heterocycles. The third-order valence-electron chi connectivity index (χ3n) is 2.74. The molecule has 0 aliphatic rings. The molecule has 7 nitrogen and oxygen atoms in total. The van der Waals surface area contributed by atoms with Crippen LogP contribution in [0.25, 0.3) is 0 Å². The predicted molar refractivity (Wildman–Crippen MR) is 69.6 cm³/mol. The van der Waals surface area contributed by atoms with Gasteiger partial charge in [-0.15, -0.1) is 0 Å². The Balaban J connectivity index is 3.28. The number of aliphatic hydroxyl groups is 1. The van der Waals surface area contributed by atoms with Crippen LogP contribution in [-0.2, 0) is 0 Å².